The molecule has 0 saturated heterocycles. The molecule has 2 rings (SSSR count). The number of hydrogen-bond acceptors (Lipinski definition) is 3. The average molecular weight is 298 g/mol. The number of nitrogens with one attached hydrogen (secondary N) is 1. The summed E-state index contributed by atoms with van der Waals surface area (Å²) in [5.41, 5.74) is 7.31. The summed E-state index contributed by atoms with van der Waals surface area (Å²) < 4.78 is 40.6. The number of anilines is 1. The molecule has 0 amide bonds. The Bertz CT molecular complexity index is 639. The number of halogens is 1. The lowest BCUT2D eigenvalue weighted by Crippen LogP contribution is -2.26. The molecule has 0 atom stereocenters. The lowest BCUT2D eigenvalue weighted by molar-refractivity contribution is 0.553. The Labute approximate surface area is 118 Å². The van der Waals surface area contributed by atoms with Gasteiger partial charge in [0.05, 0.1) is 0 Å². The number of rotatable bonds is 5. The standard InChI is InChI=1S/C14H19FN2O2S/c1-10-8-12(16)9-13(14(10)15)20(18,19)17-7-6-11-4-2-3-5-11/h4,8-9,17H,2-3,5-7,16H2,1H3. The SMILES string of the molecule is Cc1cc(N)cc(S(=O)(=O)NCCC2=CCCC2)c1F. The van der Waals surface area contributed by atoms with Crippen LogP contribution in [0, 0.1) is 12.7 Å². The summed E-state index contributed by atoms with van der Waals surface area (Å²) in [4.78, 5) is -0.379. The minimum atomic E-state index is -3.86. The Hall–Kier alpha value is -1.40. The first-order valence-corrected chi connectivity index (χ1v) is 8.11. The molecule has 4 nitrogen and oxygen atoms in total. The van der Waals surface area contributed by atoms with Gasteiger partial charge in [-0.25, -0.2) is 17.5 Å². The summed E-state index contributed by atoms with van der Waals surface area (Å²) in [5, 5.41) is 0. The second kappa shape index (κ2) is 5.93. The van der Waals surface area contributed by atoms with E-state index in [0.717, 1.165) is 25.3 Å². The van der Waals surface area contributed by atoms with E-state index in [9.17, 15) is 12.8 Å². The van der Waals surface area contributed by atoms with E-state index in [2.05, 4.69) is 10.8 Å². The highest BCUT2D eigenvalue weighted by molar-refractivity contribution is 7.89. The quantitative estimate of drug-likeness (QED) is 0.648. The van der Waals surface area contributed by atoms with Gasteiger partial charge >= 0.3 is 0 Å². The zero-order valence-electron chi connectivity index (χ0n) is 11.4. The van der Waals surface area contributed by atoms with Gasteiger partial charge in [0.15, 0.2) is 0 Å². The number of aryl methyl sites for hydroxylation is 1. The molecule has 1 aliphatic rings. The summed E-state index contributed by atoms with van der Waals surface area (Å²) in [6, 6.07) is 2.57. The van der Waals surface area contributed by atoms with Crippen molar-refractivity contribution in [3.05, 3.63) is 35.2 Å². The maximum Gasteiger partial charge on any atom is 0.243 e. The van der Waals surface area contributed by atoms with Gasteiger partial charge in [-0.15, -0.1) is 0 Å². The van der Waals surface area contributed by atoms with Crippen molar-refractivity contribution in [3.63, 3.8) is 0 Å². The van der Waals surface area contributed by atoms with Crippen molar-refractivity contribution in [2.75, 3.05) is 12.3 Å². The van der Waals surface area contributed by atoms with E-state index in [1.54, 1.807) is 0 Å². The molecule has 0 fully saturated rings. The summed E-state index contributed by atoms with van der Waals surface area (Å²) >= 11 is 0. The van der Waals surface area contributed by atoms with Crippen LogP contribution in [-0.2, 0) is 10.0 Å². The van der Waals surface area contributed by atoms with Gasteiger partial charge < -0.3 is 5.73 Å². The first-order chi connectivity index (χ1) is 9.40. The molecule has 110 valence electrons. The fourth-order valence-corrected chi connectivity index (χ4v) is 3.56. The lowest BCUT2D eigenvalue weighted by Gasteiger charge is -2.10. The van der Waals surface area contributed by atoms with Crippen LogP contribution in [0.1, 0.15) is 31.2 Å². The Kier molecular flexibility index (Phi) is 4.45. The van der Waals surface area contributed by atoms with E-state index < -0.39 is 15.8 Å². The molecular weight excluding hydrogens is 279 g/mol. The van der Waals surface area contributed by atoms with Crippen molar-refractivity contribution >= 4 is 15.7 Å². The van der Waals surface area contributed by atoms with Crippen molar-refractivity contribution in [1.29, 1.82) is 0 Å². The third-order valence-corrected chi connectivity index (χ3v) is 4.87. The first kappa shape index (κ1) is 15.0. The normalized spacial score (nSPS) is 15.4. The largest absolute Gasteiger partial charge is 0.399 e. The summed E-state index contributed by atoms with van der Waals surface area (Å²) in [7, 11) is -3.86. The van der Waals surface area contributed by atoms with Gasteiger partial charge in [0.2, 0.25) is 10.0 Å². The van der Waals surface area contributed by atoms with Crippen molar-refractivity contribution in [2.24, 2.45) is 0 Å². The van der Waals surface area contributed by atoms with Gasteiger partial charge in [0.25, 0.3) is 0 Å². The summed E-state index contributed by atoms with van der Waals surface area (Å²) in [5.74, 6) is -0.744. The number of nitrogen functional groups attached to an aromatic ring is 1. The van der Waals surface area contributed by atoms with Gasteiger partial charge in [0.1, 0.15) is 10.7 Å². The van der Waals surface area contributed by atoms with E-state index in [1.165, 1.54) is 18.6 Å². The van der Waals surface area contributed by atoms with Gasteiger partial charge in [-0.3, -0.25) is 0 Å². The first-order valence-electron chi connectivity index (χ1n) is 6.63. The molecule has 3 N–H and O–H groups in total. The third kappa shape index (κ3) is 3.37. The fraction of sp³-hybridized carbons (Fsp3) is 0.429. The smallest absolute Gasteiger partial charge is 0.243 e. The average Bonchev–Trinajstić information content (AvgIpc) is 2.86. The van der Waals surface area contributed by atoms with E-state index in [-0.39, 0.29) is 22.7 Å². The highest BCUT2D eigenvalue weighted by atomic mass is 32.2. The zero-order valence-corrected chi connectivity index (χ0v) is 12.3. The topological polar surface area (TPSA) is 72.2 Å². The number of sulfonamides is 1. The minimum absolute atomic E-state index is 0.226. The molecule has 0 aromatic heterocycles. The van der Waals surface area contributed by atoms with Crippen LogP contribution in [-0.4, -0.2) is 15.0 Å². The lowest BCUT2D eigenvalue weighted by atomic mass is 10.2. The maximum atomic E-state index is 13.9. The highest BCUT2D eigenvalue weighted by Gasteiger charge is 2.21. The Balaban J connectivity index is 2.10. The predicted octanol–water partition coefficient (Wildman–Crippen LogP) is 2.50. The molecular formula is C14H19FN2O2S. The molecule has 0 bridgehead atoms. The molecule has 0 heterocycles. The Morgan fingerprint density at radius 1 is 1.40 bits per heavy atom. The van der Waals surface area contributed by atoms with Gasteiger partial charge in [-0.2, -0.15) is 0 Å². The van der Waals surface area contributed by atoms with Crippen molar-refractivity contribution in [2.45, 2.75) is 37.5 Å². The molecule has 1 aliphatic carbocycles. The number of hydrogen-bond donors (Lipinski definition) is 2. The number of allylic oxidation sites excluding steroid dienone is 1. The van der Waals surface area contributed by atoms with E-state index in [0.29, 0.717) is 6.42 Å². The monoisotopic (exact) mass is 298 g/mol. The number of benzene rings is 1. The molecule has 20 heavy (non-hydrogen) atoms. The predicted molar refractivity (Wildman–Crippen MR) is 77.3 cm³/mol. The van der Waals surface area contributed by atoms with Crippen LogP contribution >= 0.6 is 0 Å². The van der Waals surface area contributed by atoms with Crippen LogP contribution in [0.5, 0.6) is 0 Å². The molecule has 0 unspecified atom stereocenters. The van der Waals surface area contributed by atoms with Gasteiger partial charge in [-0.05, 0) is 50.3 Å². The van der Waals surface area contributed by atoms with Crippen LogP contribution < -0.4 is 10.5 Å². The highest BCUT2D eigenvalue weighted by Crippen LogP contribution is 2.22. The van der Waals surface area contributed by atoms with Crippen LogP contribution in [0.25, 0.3) is 0 Å². The second-order valence-corrected chi connectivity index (χ2v) is 6.79. The van der Waals surface area contributed by atoms with Crippen LogP contribution in [0.4, 0.5) is 10.1 Å². The zero-order chi connectivity index (χ0) is 14.8. The van der Waals surface area contributed by atoms with Crippen LogP contribution in [0.3, 0.4) is 0 Å². The molecule has 0 saturated carbocycles. The van der Waals surface area contributed by atoms with Crippen molar-refractivity contribution < 1.29 is 12.8 Å². The molecule has 0 radical (unpaired) electrons. The van der Waals surface area contributed by atoms with Crippen molar-refractivity contribution in [3.8, 4) is 0 Å². The molecule has 1 aromatic rings. The van der Waals surface area contributed by atoms with Crippen molar-refractivity contribution in [1.82, 2.24) is 4.72 Å². The van der Waals surface area contributed by atoms with Crippen LogP contribution in [0.15, 0.2) is 28.7 Å². The van der Waals surface area contributed by atoms with E-state index in [4.69, 9.17) is 5.73 Å². The fourth-order valence-electron chi connectivity index (χ4n) is 2.35. The molecule has 1 aromatic carbocycles. The number of nitrogens with two attached hydrogens (primary N) is 1. The molecule has 6 heteroatoms. The van der Waals surface area contributed by atoms with E-state index >= 15 is 0 Å². The maximum absolute atomic E-state index is 13.9. The Morgan fingerprint density at radius 2 is 2.15 bits per heavy atom. The van der Waals surface area contributed by atoms with Gasteiger partial charge in [0, 0.05) is 12.2 Å². The molecule has 0 aliphatic heterocycles. The summed E-state index contributed by atoms with van der Waals surface area (Å²) in [6.45, 7) is 1.77. The second-order valence-electron chi connectivity index (χ2n) is 5.05. The molecule has 0 spiro atoms. The van der Waals surface area contributed by atoms with Gasteiger partial charge in [-0.1, -0.05) is 11.6 Å². The van der Waals surface area contributed by atoms with Crippen LogP contribution in [0.2, 0.25) is 0 Å². The third-order valence-electron chi connectivity index (χ3n) is 3.41. The minimum Gasteiger partial charge on any atom is -0.399 e. The Morgan fingerprint density at radius 3 is 2.80 bits per heavy atom. The summed E-state index contributed by atoms with van der Waals surface area (Å²) in [6.07, 6.45) is 6.02. The van der Waals surface area contributed by atoms with E-state index in [1.807, 2.05) is 0 Å².